The van der Waals surface area contributed by atoms with Gasteiger partial charge < -0.3 is 5.32 Å². The van der Waals surface area contributed by atoms with E-state index in [1.54, 1.807) is 19.1 Å². The van der Waals surface area contributed by atoms with Crippen LogP contribution < -0.4 is 9.62 Å². The second-order valence-electron chi connectivity index (χ2n) is 6.90. The highest BCUT2D eigenvalue weighted by Crippen LogP contribution is 2.21. The van der Waals surface area contributed by atoms with E-state index in [0.717, 1.165) is 27.0 Å². The van der Waals surface area contributed by atoms with Gasteiger partial charge in [-0.2, -0.15) is 12.7 Å². The zero-order valence-electron chi connectivity index (χ0n) is 17.0. The molecule has 8 nitrogen and oxygen atoms in total. The first-order valence-corrected chi connectivity index (χ1v) is 12.2. The van der Waals surface area contributed by atoms with Crippen LogP contribution in [0.25, 0.3) is 0 Å². The maximum Gasteiger partial charge on any atom is 0.304 e. The topological polar surface area (TPSA) is 104 Å². The minimum atomic E-state index is -4.01. The first-order valence-electron chi connectivity index (χ1n) is 8.87. The van der Waals surface area contributed by atoms with Gasteiger partial charge in [0.05, 0.1) is 16.6 Å². The number of nitrogens with zero attached hydrogens (tertiary/aromatic N) is 2. The van der Waals surface area contributed by atoms with E-state index in [4.69, 9.17) is 0 Å². The van der Waals surface area contributed by atoms with Gasteiger partial charge in [-0.05, 0) is 48.9 Å². The van der Waals surface area contributed by atoms with Gasteiger partial charge in [0.2, 0.25) is 5.91 Å². The smallest absolute Gasteiger partial charge is 0.304 e. The van der Waals surface area contributed by atoms with Crippen LogP contribution in [0.5, 0.6) is 0 Å². The molecule has 0 fully saturated rings. The molecule has 1 N–H and O–H groups in total. The first kappa shape index (κ1) is 23.8. The summed E-state index contributed by atoms with van der Waals surface area (Å²) < 4.78 is 63.5. The Labute approximate surface area is 176 Å². The van der Waals surface area contributed by atoms with E-state index in [0.29, 0.717) is 5.56 Å². The fourth-order valence-corrected chi connectivity index (χ4v) is 4.31. The van der Waals surface area contributed by atoms with E-state index in [1.165, 1.54) is 38.4 Å². The highest BCUT2D eigenvalue weighted by Gasteiger charge is 2.27. The zero-order valence-corrected chi connectivity index (χ0v) is 18.7. The molecule has 2 rings (SSSR count). The van der Waals surface area contributed by atoms with E-state index in [-0.39, 0.29) is 10.6 Å². The average Bonchev–Trinajstić information content (AvgIpc) is 2.66. The number of sulfone groups is 1. The van der Waals surface area contributed by atoms with E-state index >= 15 is 0 Å². The Hall–Kier alpha value is -2.50. The standard InChI is InChI=1S/C19H24FN3O5S2/c1-14(15-5-11-18(12-6-15)29(4,25)26)21-19(24)13-23(30(27,28)22(2)3)17-9-7-16(20)8-10-17/h5-12,14H,13H2,1-4H3,(H,21,24)/t14-/m0/s1. The van der Waals surface area contributed by atoms with Crippen LogP contribution >= 0.6 is 0 Å². The van der Waals surface area contributed by atoms with Gasteiger partial charge in [-0.25, -0.2) is 17.1 Å². The van der Waals surface area contributed by atoms with Crippen LogP contribution in [0.15, 0.2) is 53.4 Å². The Morgan fingerprint density at radius 1 is 1.00 bits per heavy atom. The zero-order chi connectivity index (χ0) is 22.7. The van der Waals surface area contributed by atoms with Crippen molar-refractivity contribution in [1.29, 1.82) is 0 Å². The van der Waals surface area contributed by atoms with Crippen molar-refractivity contribution < 1.29 is 26.0 Å². The van der Waals surface area contributed by atoms with Crippen molar-refractivity contribution in [1.82, 2.24) is 9.62 Å². The lowest BCUT2D eigenvalue weighted by Crippen LogP contribution is -2.46. The number of anilines is 1. The number of halogens is 1. The minimum absolute atomic E-state index is 0.144. The molecule has 0 aliphatic carbocycles. The molecular formula is C19H24FN3O5S2. The van der Waals surface area contributed by atoms with E-state index < -0.39 is 44.4 Å². The maximum absolute atomic E-state index is 13.2. The lowest BCUT2D eigenvalue weighted by atomic mass is 10.1. The molecular weight excluding hydrogens is 433 g/mol. The highest BCUT2D eigenvalue weighted by atomic mass is 32.2. The minimum Gasteiger partial charge on any atom is -0.348 e. The van der Waals surface area contributed by atoms with Gasteiger partial charge in [0.1, 0.15) is 12.4 Å². The predicted molar refractivity (Wildman–Crippen MR) is 112 cm³/mol. The van der Waals surface area contributed by atoms with Crippen molar-refractivity contribution in [2.45, 2.75) is 17.9 Å². The molecule has 0 heterocycles. The van der Waals surface area contributed by atoms with Crippen molar-refractivity contribution in [2.24, 2.45) is 0 Å². The molecule has 0 saturated heterocycles. The normalized spacial score (nSPS) is 13.1. The second kappa shape index (κ2) is 9.11. The number of carbonyl (C=O) groups is 1. The van der Waals surface area contributed by atoms with Crippen LogP contribution in [0.4, 0.5) is 10.1 Å². The van der Waals surface area contributed by atoms with Crippen LogP contribution in [-0.2, 0) is 24.8 Å². The molecule has 0 aliphatic rings. The molecule has 0 aromatic heterocycles. The van der Waals surface area contributed by atoms with Crippen molar-refractivity contribution in [3.8, 4) is 0 Å². The first-order chi connectivity index (χ1) is 13.8. The summed E-state index contributed by atoms with van der Waals surface area (Å²) in [7, 11) is -4.68. The van der Waals surface area contributed by atoms with Gasteiger partial charge in [-0.1, -0.05) is 12.1 Å². The number of hydrogen-bond acceptors (Lipinski definition) is 5. The number of nitrogens with one attached hydrogen (secondary N) is 1. The molecule has 0 radical (unpaired) electrons. The molecule has 1 amide bonds. The van der Waals surface area contributed by atoms with Crippen LogP contribution in [0.2, 0.25) is 0 Å². The summed E-state index contributed by atoms with van der Waals surface area (Å²) in [5, 5.41) is 2.69. The predicted octanol–water partition coefficient (Wildman–Crippen LogP) is 1.72. The average molecular weight is 458 g/mol. The van der Waals surface area contributed by atoms with Crippen molar-refractivity contribution >= 4 is 31.6 Å². The molecule has 1 atom stereocenters. The lowest BCUT2D eigenvalue weighted by Gasteiger charge is -2.27. The third-order valence-corrected chi connectivity index (χ3v) is 7.28. The Kier molecular flexibility index (Phi) is 7.22. The summed E-state index contributed by atoms with van der Waals surface area (Å²) in [6, 6.07) is 10.3. The maximum atomic E-state index is 13.2. The monoisotopic (exact) mass is 457 g/mol. The molecule has 2 aromatic rings. The van der Waals surface area contributed by atoms with Gasteiger partial charge in [0.25, 0.3) is 0 Å². The summed E-state index contributed by atoms with van der Waals surface area (Å²) in [5.74, 6) is -1.11. The summed E-state index contributed by atoms with van der Waals surface area (Å²) in [5.41, 5.74) is 0.796. The number of amides is 1. The van der Waals surface area contributed by atoms with Gasteiger partial charge in [0.15, 0.2) is 9.84 Å². The number of hydrogen-bond donors (Lipinski definition) is 1. The highest BCUT2D eigenvalue weighted by molar-refractivity contribution is 7.90. The molecule has 0 bridgehead atoms. The van der Waals surface area contributed by atoms with Crippen molar-refractivity contribution in [3.63, 3.8) is 0 Å². The largest absolute Gasteiger partial charge is 0.348 e. The fraction of sp³-hybridized carbons (Fsp3) is 0.316. The molecule has 164 valence electrons. The summed E-state index contributed by atoms with van der Waals surface area (Å²) in [4.78, 5) is 12.7. The molecule has 0 unspecified atom stereocenters. The molecule has 0 saturated carbocycles. The number of carbonyl (C=O) groups excluding carboxylic acids is 1. The summed E-state index contributed by atoms with van der Waals surface area (Å²) in [6.45, 7) is 1.17. The Morgan fingerprint density at radius 3 is 2.00 bits per heavy atom. The number of benzene rings is 2. The third-order valence-electron chi connectivity index (χ3n) is 4.33. The van der Waals surface area contributed by atoms with Crippen LogP contribution in [0.1, 0.15) is 18.5 Å². The van der Waals surface area contributed by atoms with Gasteiger partial charge in [-0.15, -0.1) is 0 Å². The molecule has 0 spiro atoms. The Morgan fingerprint density at radius 2 is 1.53 bits per heavy atom. The Bertz CT molecular complexity index is 1100. The van der Waals surface area contributed by atoms with Crippen molar-refractivity contribution in [2.75, 3.05) is 31.2 Å². The fourth-order valence-electron chi connectivity index (χ4n) is 2.62. The summed E-state index contributed by atoms with van der Waals surface area (Å²) >= 11 is 0. The van der Waals surface area contributed by atoms with Gasteiger partial charge >= 0.3 is 10.2 Å². The molecule has 0 aliphatic heterocycles. The lowest BCUT2D eigenvalue weighted by molar-refractivity contribution is -0.120. The van der Waals surface area contributed by atoms with E-state index in [9.17, 15) is 26.0 Å². The van der Waals surface area contributed by atoms with Crippen molar-refractivity contribution in [3.05, 3.63) is 59.9 Å². The van der Waals surface area contributed by atoms with Crippen LogP contribution in [-0.4, -0.2) is 53.9 Å². The van der Waals surface area contributed by atoms with Crippen LogP contribution in [0.3, 0.4) is 0 Å². The van der Waals surface area contributed by atoms with Gasteiger partial charge in [-0.3, -0.25) is 4.79 Å². The molecule has 11 heteroatoms. The Balaban J connectivity index is 2.20. The van der Waals surface area contributed by atoms with E-state index in [1.807, 2.05) is 0 Å². The second-order valence-corrected chi connectivity index (χ2v) is 11.0. The molecule has 30 heavy (non-hydrogen) atoms. The number of rotatable bonds is 8. The van der Waals surface area contributed by atoms with Crippen LogP contribution in [0, 0.1) is 5.82 Å². The quantitative estimate of drug-likeness (QED) is 0.650. The SMILES string of the molecule is C[C@H](NC(=O)CN(c1ccc(F)cc1)S(=O)(=O)N(C)C)c1ccc(S(C)(=O)=O)cc1. The summed E-state index contributed by atoms with van der Waals surface area (Å²) in [6.07, 6.45) is 1.10. The van der Waals surface area contributed by atoms with Gasteiger partial charge in [0, 0.05) is 20.4 Å². The third kappa shape index (κ3) is 5.77. The van der Waals surface area contributed by atoms with E-state index in [2.05, 4.69) is 5.32 Å². The molecule has 2 aromatic carbocycles.